The van der Waals surface area contributed by atoms with Crippen molar-refractivity contribution >= 4 is 40.8 Å². The van der Waals surface area contributed by atoms with Crippen LogP contribution in [0, 0.1) is 19.8 Å². The van der Waals surface area contributed by atoms with Crippen LogP contribution in [0.2, 0.25) is 5.02 Å². The molecule has 1 atom stereocenters. The summed E-state index contributed by atoms with van der Waals surface area (Å²) in [4.78, 5) is 0. The number of anilines is 2. The Bertz CT molecular complexity index is 1430. The first-order valence-electron chi connectivity index (χ1n) is 12.7. The summed E-state index contributed by atoms with van der Waals surface area (Å²) in [6, 6.07) is 12.5. The zero-order valence-corrected chi connectivity index (χ0v) is 24.1. The van der Waals surface area contributed by atoms with Gasteiger partial charge in [0.25, 0.3) is 0 Å². The normalized spacial score (nSPS) is 13.2. The van der Waals surface area contributed by atoms with Gasteiger partial charge in [0.15, 0.2) is 0 Å². The van der Waals surface area contributed by atoms with Crippen LogP contribution in [0.1, 0.15) is 54.9 Å². The molecule has 5 heteroatoms. The van der Waals surface area contributed by atoms with E-state index in [1.807, 2.05) is 20.0 Å². The van der Waals surface area contributed by atoms with Crippen molar-refractivity contribution in [3.05, 3.63) is 99.2 Å². The monoisotopic (exact) mass is 528 g/mol. The van der Waals surface area contributed by atoms with E-state index in [0.29, 0.717) is 17.3 Å². The Balaban J connectivity index is 0.000000651. The fourth-order valence-electron chi connectivity index (χ4n) is 4.18. The van der Waals surface area contributed by atoms with Crippen molar-refractivity contribution in [2.24, 2.45) is 7.05 Å². The molecule has 0 bridgehead atoms. The maximum absolute atomic E-state index is 6.61. The molecule has 1 aliphatic carbocycles. The highest BCUT2D eigenvalue weighted by Crippen LogP contribution is 2.35. The molecule has 0 fully saturated rings. The molecule has 1 heterocycles. The second kappa shape index (κ2) is 14.2. The summed E-state index contributed by atoms with van der Waals surface area (Å²) < 4.78 is 2.15. The number of hydrogen-bond donors (Lipinski definition) is 3. The van der Waals surface area contributed by atoms with Gasteiger partial charge in [0.05, 0.1) is 11.4 Å². The van der Waals surface area contributed by atoms with Gasteiger partial charge >= 0.3 is 0 Å². The molecule has 4 N–H and O–H groups in total. The van der Waals surface area contributed by atoms with Crippen molar-refractivity contribution in [3.8, 4) is 12.8 Å². The maximum atomic E-state index is 6.61. The highest BCUT2D eigenvalue weighted by molar-refractivity contribution is 6.32. The molecule has 3 aromatic rings. The molecular formula is C33H41ClN4. The van der Waals surface area contributed by atoms with E-state index in [2.05, 4.69) is 111 Å². The molecule has 1 aliphatic rings. The second-order valence-corrected chi connectivity index (χ2v) is 9.89. The maximum Gasteiger partial charge on any atom is 0.0580 e. The Morgan fingerprint density at radius 1 is 1.18 bits per heavy atom. The highest BCUT2D eigenvalue weighted by Gasteiger charge is 2.17. The minimum Gasteiger partial charge on any atom is -0.397 e. The fourth-order valence-corrected chi connectivity index (χ4v) is 4.50. The van der Waals surface area contributed by atoms with E-state index in [0.717, 1.165) is 35.4 Å². The van der Waals surface area contributed by atoms with Gasteiger partial charge in [0.1, 0.15) is 0 Å². The molecule has 200 valence electrons. The van der Waals surface area contributed by atoms with Crippen molar-refractivity contribution in [2.45, 2.75) is 46.1 Å². The molecule has 38 heavy (non-hydrogen) atoms. The molecule has 0 aliphatic heterocycles. The molecule has 2 aromatic carbocycles. The number of nitrogens with zero attached hydrogens (tertiary/aromatic N) is 1. The Kier molecular flexibility index (Phi) is 11.4. The van der Waals surface area contributed by atoms with E-state index in [1.54, 1.807) is 0 Å². The molecule has 0 amide bonds. The van der Waals surface area contributed by atoms with E-state index in [4.69, 9.17) is 17.3 Å². The van der Waals surface area contributed by atoms with Crippen molar-refractivity contribution in [2.75, 3.05) is 18.1 Å². The summed E-state index contributed by atoms with van der Waals surface area (Å²) in [7, 11) is 3.96. The van der Waals surface area contributed by atoms with Crippen LogP contribution in [0.25, 0.3) is 17.8 Å². The Morgan fingerprint density at radius 3 is 2.50 bits per heavy atom. The van der Waals surface area contributed by atoms with Crippen LogP contribution in [0.5, 0.6) is 0 Å². The molecule has 4 nitrogen and oxygen atoms in total. The van der Waals surface area contributed by atoms with Gasteiger partial charge in [-0.25, -0.2) is 0 Å². The number of benzene rings is 2. The van der Waals surface area contributed by atoms with Crippen molar-refractivity contribution in [1.82, 2.24) is 9.88 Å². The van der Waals surface area contributed by atoms with E-state index < -0.39 is 0 Å². The molecule has 0 spiro atoms. The van der Waals surface area contributed by atoms with Gasteiger partial charge in [-0.1, -0.05) is 55.0 Å². The first-order chi connectivity index (χ1) is 18.1. The van der Waals surface area contributed by atoms with Crippen LogP contribution in [0.4, 0.5) is 11.4 Å². The van der Waals surface area contributed by atoms with Crippen molar-refractivity contribution in [1.29, 1.82) is 0 Å². The molecule has 1 aromatic heterocycles. The minimum absolute atomic E-state index is 0.230. The summed E-state index contributed by atoms with van der Waals surface area (Å²) in [5.41, 5.74) is 14.6. The number of aryl methyl sites for hydroxylation is 2. The van der Waals surface area contributed by atoms with Crippen LogP contribution in [-0.2, 0) is 13.6 Å². The van der Waals surface area contributed by atoms with Crippen LogP contribution in [0.15, 0.2) is 61.3 Å². The summed E-state index contributed by atoms with van der Waals surface area (Å²) in [5.74, 6) is 0.230. The highest BCUT2D eigenvalue weighted by atomic mass is 35.5. The largest absolute Gasteiger partial charge is 0.397 e. The van der Waals surface area contributed by atoms with Crippen molar-refractivity contribution < 1.29 is 0 Å². The van der Waals surface area contributed by atoms with Crippen LogP contribution in [-0.4, -0.2) is 11.6 Å². The van der Waals surface area contributed by atoms with Crippen molar-refractivity contribution in [3.63, 3.8) is 0 Å². The molecular weight excluding hydrogens is 488 g/mol. The average molecular weight is 529 g/mol. The number of allylic oxidation sites excluding steroid dienone is 1. The number of fused-ring (bicyclic) bond motifs is 1. The van der Waals surface area contributed by atoms with Gasteiger partial charge in [0.2, 0.25) is 0 Å². The van der Waals surface area contributed by atoms with Crippen LogP contribution in [0.3, 0.4) is 0 Å². The minimum atomic E-state index is 0.230. The van der Waals surface area contributed by atoms with Crippen LogP contribution < -0.4 is 26.9 Å². The topological polar surface area (TPSA) is 55.0 Å². The third-order valence-electron chi connectivity index (χ3n) is 6.68. The number of halogens is 1. The quantitative estimate of drug-likeness (QED) is 0.190. The second-order valence-electron chi connectivity index (χ2n) is 9.48. The number of nitrogens with two attached hydrogens (primary N) is 1. The van der Waals surface area contributed by atoms with Gasteiger partial charge in [-0.2, -0.15) is 0 Å². The van der Waals surface area contributed by atoms with Gasteiger partial charge < -0.3 is 20.9 Å². The zero-order chi connectivity index (χ0) is 28.4. The van der Waals surface area contributed by atoms with Crippen LogP contribution >= 0.6 is 11.6 Å². The standard InChI is InChI=1S/C26H29ClN4.C5H10.C2H2/c1-16-5-6-18(11-21(16)17(2)29-3)15-30-25-13-22(23(27)14-24(25)28)19-7-8-26-20(12-19)9-10-31(26)4;1-4-5(2)3;1-2/h5-6,8-14,19,29-30H,2,7,15,28H2,1,3-4H3;2,4H2,1,3H3;1-2H. The number of nitrogen functional groups attached to an aromatic ring is 1. The van der Waals surface area contributed by atoms with Gasteiger partial charge in [-0.05, 0) is 72.9 Å². The van der Waals surface area contributed by atoms with E-state index >= 15 is 0 Å². The fraction of sp³-hybridized carbons (Fsp3) is 0.273. The zero-order valence-electron chi connectivity index (χ0n) is 23.4. The predicted octanol–water partition coefficient (Wildman–Crippen LogP) is 6.34. The predicted molar refractivity (Wildman–Crippen MR) is 168 cm³/mol. The van der Waals surface area contributed by atoms with E-state index in [9.17, 15) is 0 Å². The molecule has 0 saturated carbocycles. The Morgan fingerprint density at radius 2 is 1.87 bits per heavy atom. The first kappa shape index (κ1) is 30.4. The summed E-state index contributed by atoms with van der Waals surface area (Å²) >= 11 is 6.61. The average Bonchev–Trinajstić information content (AvgIpc) is 3.29. The van der Waals surface area contributed by atoms with Gasteiger partial charge in [0, 0.05) is 54.4 Å². The van der Waals surface area contributed by atoms with Gasteiger partial charge in [-0.3, -0.25) is 0 Å². The molecule has 0 saturated heterocycles. The lowest BCUT2D eigenvalue weighted by Crippen LogP contribution is -2.30. The number of nitrogens with one attached hydrogen (secondary N) is 2. The summed E-state index contributed by atoms with van der Waals surface area (Å²) in [6.07, 6.45) is 16.7. The summed E-state index contributed by atoms with van der Waals surface area (Å²) in [5, 5.41) is 9.85. The number of aromatic nitrogens is 1. The third kappa shape index (κ3) is 7.60. The lowest BCUT2D eigenvalue weighted by atomic mass is 9.91. The molecule has 4 rings (SSSR count). The Labute approximate surface area is 233 Å². The summed E-state index contributed by atoms with van der Waals surface area (Å²) in [6.45, 7) is 14.7. The number of terminal acetylenes is 1. The SMILES string of the molecule is C#C.C=C(C)CC.C=C(NC)c1cc(CNc2cc(C3C=c4ccn(C)c4=CC3)c(Cl)cc2N)ccc1C. The lowest BCUT2D eigenvalue weighted by molar-refractivity contribution is 0.855. The Hall–Kier alpha value is -3.81. The van der Waals surface area contributed by atoms with Gasteiger partial charge in [-0.15, -0.1) is 19.4 Å². The van der Waals surface area contributed by atoms with E-state index in [-0.39, 0.29) is 5.92 Å². The smallest absolute Gasteiger partial charge is 0.0580 e. The first-order valence-corrected chi connectivity index (χ1v) is 13.1. The molecule has 1 unspecified atom stereocenters. The number of hydrogen-bond acceptors (Lipinski definition) is 3. The lowest BCUT2D eigenvalue weighted by Gasteiger charge is -2.19. The number of rotatable bonds is 7. The molecule has 0 radical (unpaired) electrons. The third-order valence-corrected chi connectivity index (χ3v) is 7.01. The van der Waals surface area contributed by atoms with E-state index in [1.165, 1.54) is 27.3 Å².